The molecular weight excluding hydrogens is 338 g/mol. The van der Waals surface area contributed by atoms with Gasteiger partial charge in [-0.1, -0.05) is 32.0 Å². The Morgan fingerprint density at radius 2 is 1.78 bits per heavy atom. The Kier molecular flexibility index (Phi) is 6.53. The van der Waals surface area contributed by atoms with Gasteiger partial charge in [0.05, 0.1) is 6.54 Å². The minimum atomic E-state index is -0.0309. The van der Waals surface area contributed by atoms with E-state index in [4.69, 9.17) is 0 Å². The molecule has 27 heavy (non-hydrogen) atoms. The van der Waals surface area contributed by atoms with Crippen LogP contribution >= 0.6 is 0 Å². The van der Waals surface area contributed by atoms with Crippen molar-refractivity contribution in [2.75, 3.05) is 39.8 Å². The van der Waals surface area contributed by atoms with Gasteiger partial charge in [0.1, 0.15) is 0 Å². The second-order valence-corrected chi connectivity index (χ2v) is 8.40. The monoisotopic (exact) mass is 371 g/mol. The zero-order valence-corrected chi connectivity index (χ0v) is 17.0. The van der Waals surface area contributed by atoms with Crippen LogP contribution in [0.25, 0.3) is 0 Å². The van der Waals surface area contributed by atoms with Crippen molar-refractivity contribution in [1.82, 2.24) is 15.1 Å². The van der Waals surface area contributed by atoms with E-state index in [1.54, 1.807) is 0 Å². The van der Waals surface area contributed by atoms with Crippen LogP contribution < -0.4 is 5.32 Å². The summed E-state index contributed by atoms with van der Waals surface area (Å²) in [5.41, 5.74) is 4.17. The van der Waals surface area contributed by atoms with Crippen LogP contribution in [0.15, 0.2) is 18.2 Å². The third-order valence-corrected chi connectivity index (χ3v) is 6.05. The highest BCUT2D eigenvalue weighted by Gasteiger charge is 2.23. The number of carbonyl (C=O) groups is 2. The standard InChI is InChI=1S/C22H33N3O2/c1-16(2)20(19-8-7-17-5-4-6-18(17)13-19)14-21(26)23-15-22(27)25-11-9-24(3)10-12-25/h7-8,13,16,20H,4-6,9-12,14-15H2,1-3H3,(H,23,26). The zero-order valence-electron chi connectivity index (χ0n) is 17.0. The van der Waals surface area contributed by atoms with Crippen LogP contribution in [0.5, 0.6) is 0 Å². The van der Waals surface area contributed by atoms with Crippen molar-refractivity contribution in [3.05, 3.63) is 34.9 Å². The fourth-order valence-corrected chi connectivity index (χ4v) is 4.17. The lowest BCUT2D eigenvalue weighted by Crippen LogP contribution is -2.50. The minimum Gasteiger partial charge on any atom is -0.347 e. The van der Waals surface area contributed by atoms with Gasteiger partial charge in [0, 0.05) is 32.6 Å². The first-order valence-electron chi connectivity index (χ1n) is 10.3. The molecule has 2 aliphatic rings. The molecule has 2 amide bonds. The van der Waals surface area contributed by atoms with Crippen LogP contribution in [0.3, 0.4) is 0 Å². The second-order valence-electron chi connectivity index (χ2n) is 8.40. The number of benzene rings is 1. The number of piperazine rings is 1. The summed E-state index contributed by atoms with van der Waals surface area (Å²) in [6, 6.07) is 6.73. The SMILES string of the molecule is CC(C)C(CC(=O)NCC(=O)N1CCN(C)CC1)c1ccc2c(c1)CCC2. The third kappa shape index (κ3) is 5.10. The average Bonchev–Trinajstić information content (AvgIpc) is 3.12. The Labute approximate surface area is 163 Å². The van der Waals surface area contributed by atoms with Gasteiger partial charge in [-0.2, -0.15) is 0 Å². The van der Waals surface area contributed by atoms with Gasteiger partial charge >= 0.3 is 0 Å². The number of aryl methyl sites for hydroxylation is 2. The van der Waals surface area contributed by atoms with E-state index < -0.39 is 0 Å². The molecule has 5 nitrogen and oxygen atoms in total. The van der Waals surface area contributed by atoms with Crippen molar-refractivity contribution in [2.24, 2.45) is 5.92 Å². The van der Waals surface area contributed by atoms with Gasteiger partial charge in [-0.15, -0.1) is 0 Å². The van der Waals surface area contributed by atoms with Crippen molar-refractivity contribution in [3.63, 3.8) is 0 Å². The Balaban J connectivity index is 1.54. The van der Waals surface area contributed by atoms with Crippen LogP contribution in [0.4, 0.5) is 0 Å². The van der Waals surface area contributed by atoms with Gasteiger partial charge in [0.15, 0.2) is 0 Å². The number of hydrogen-bond acceptors (Lipinski definition) is 3. The van der Waals surface area contributed by atoms with E-state index in [0.717, 1.165) is 32.6 Å². The predicted molar refractivity (Wildman–Crippen MR) is 108 cm³/mol. The normalized spacial score (nSPS) is 18.4. The highest BCUT2D eigenvalue weighted by atomic mass is 16.2. The molecule has 148 valence electrons. The molecule has 1 atom stereocenters. The zero-order chi connectivity index (χ0) is 19.4. The minimum absolute atomic E-state index is 0.0232. The molecule has 1 saturated heterocycles. The molecule has 1 N–H and O–H groups in total. The number of carbonyl (C=O) groups excluding carboxylic acids is 2. The summed E-state index contributed by atoms with van der Waals surface area (Å²) in [4.78, 5) is 28.9. The number of amides is 2. The molecule has 0 radical (unpaired) electrons. The van der Waals surface area contributed by atoms with Crippen LogP contribution in [0.1, 0.15) is 49.3 Å². The molecule has 1 aromatic carbocycles. The fraction of sp³-hybridized carbons (Fsp3) is 0.636. The number of nitrogens with one attached hydrogen (secondary N) is 1. The summed E-state index contributed by atoms with van der Waals surface area (Å²) in [5, 5.41) is 2.85. The average molecular weight is 372 g/mol. The Morgan fingerprint density at radius 3 is 2.48 bits per heavy atom. The first kappa shape index (κ1) is 19.9. The highest BCUT2D eigenvalue weighted by Crippen LogP contribution is 2.32. The van der Waals surface area contributed by atoms with Gasteiger partial charge in [0.2, 0.25) is 11.8 Å². The maximum absolute atomic E-state index is 12.5. The van der Waals surface area contributed by atoms with Crippen molar-refractivity contribution in [1.29, 1.82) is 0 Å². The fourth-order valence-electron chi connectivity index (χ4n) is 4.17. The van der Waals surface area contributed by atoms with Gasteiger partial charge < -0.3 is 15.1 Å². The summed E-state index contributed by atoms with van der Waals surface area (Å²) in [6.45, 7) is 7.73. The van der Waals surface area contributed by atoms with Crippen LogP contribution in [-0.4, -0.2) is 61.4 Å². The smallest absolute Gasteiger partial charge is 0.242 e. The van der Waals surface area contributed by atoms with E-state index in [2.05, 4.69) is 49.3 Å². The predicted octanol–water partition coefficient (Wildman–Crippen LogP) is 2.20. The third-order valence-electron chi connectivity index (χ3n) is 6.05. The second kappa shape index (κ2) is 8.87. The largest absolute Gasteiger partial charge is 0.347 e. The van der Waals surface area contributed by atoms with Gasteiger partial charge in [-0.05, 0) is 54.8 Å². The summed E-state index contributed by atoms with van der Waals surface area (Å²) in [6.07, 6.45) is 4.00. The van der Waals surface area contributed by atoms with Gasteiger partial charge in [0.25, 0.3) is 0 Å². The highest BCUT2D eigenvalue weighted by molar-refractivity contribution is 5.85. The molecule has 0 aromatic heterocycles. The molecule has 1 aliphatic heterocycles. The van der Waals surface area contributed by atoms with Crippen molar-refractivity contribution >= 4 is 11.8 Å². The van der Waals surface area contributed by atoms with Crippen molar-refractivity contribution in [2.45, 2.75) is 45.4 Å². The van der Waals surface area contributed by atoms with Crippen LogP contribution in [-0.2, 0) is 22.4 Å². The van der Waals surface area contributed by atoms with E-state index in [-0.39, 0.29) is 24.3 Å². The maximum atomic E-state index is 12.5. The Hall–Kier alpha value is -1.88. The molecule has 5 heteroatoms. The quantitative estimate of drug-likeness (QED) is 0.834. The van der Waals surface area contributed by atoms with Crippen molar-refractivity contribution < 1.29 is 9.59 Å². The summed E-state index contributed by atoms with van der Waals surface area (Å²) in [5.74, 6) is 0.560. The number of rotatable bonds is 6. The molecule has 1 heterocycles. The number of hydrogen-bond donors (Lipinski definition) is 1. The molecule has 0 bridgehead atoms. The first-order valence-corrected chi connectivity index (χ1v) is 10.3. The van der Waals surface area contributed by atoms with E-state index in [1.165, 1.54) is 29.5 Å². The molecule has 1 fully saturated rings. The lowest BCUT2D eigenvalue weighted by molar-refractivity contribution is -0.134. The molecular formula is C22H33N3O2. The molecule has 3 rings (SSSR count). The molecule has 0 saturated carbocycles. The summed E-state index contributed by atoms with van der Waals surface area (Å²) < 4.78 is 0. The lowest BCUT2D eigenvalue weighted by atomic mass is 9.84. The maximum Gasteiger partial charge on any atom is 0.242 e. The Morgan fingerprint density at radius 1 is 1.07 bits per heavy atom. The van der Waals surface area contributed by atoms with E-state index in [0.29, 0.717) is 12.3 Å². The topological polar surface area (TPSA) is 52.7 Å². The van der Waals surface area contributed by atoms with E-state index in [1.807, 2.05) is 4.90 Å². The van der Waals surface area contributed by atoms with Gasteiger partial charge in [-0.3, -0.25) is 9.59 Å². The van der Waals surface area contributed by atoms with E-state index in [9.17, 15) is 9.59 Å². The summed E-state index contributed by atoms with van der Waals surface area (Å²) in [7, 11) is 2.06. The molecule has 1 aromatic rings. The number of fused-ring (bicyclic) bond motifs is 1. The number of nitrogens with zero attached hydrogens (tertiary/aromatic N) is 2. The van der Waals surface area contributed by atoms with E-state index >= 15 is 0 Å². The van der Waals surface area contributed by atoms with Crippen molar-refractivity contribution in [3.8, 4) is 0 Å². The van der Waals surface area contributed by atoms with Crippen LogP contribution in [0.2, 0.25) is 0 Å². The molecule has 0 spiro atoms. The number of likely N-dealkylation sites (N-methyl/N-ethyl adjacent to an activating group) is 1. The van der Waals surface area contributed by atoms with Crippen LogP contribution in [0, 0.1) is 5.92 Å². The molecule has 1 unspecified atom stereocenters. The Bertz CT molecular complexity index is 678. The van der Waals surface area contributed by atoms with Gasteiger partial charge in [-0.25, -0.2) is 0 Å². The summed E-state index contributed by atoms with van der Waals surface area (Å²) >= 11 is 0. The molecule has 1 aliphatic carbocycles. The lowest BCUT2D eigenvalue weighted by Gasteiger charge is -2.32. The first-order chi connectivity index (χ1) is 12.9.